The van der Waals surface area contributed by atoms with Gasteiger partial charge in [-0.2, -0.15) is 0 Å². The Hall–Kier alpha value is -1.30. The first kappa shape index (κ1) is 12.7. The molecule has 0 amide bonds. The lowest BCUT2D eigenvalue weighted by Gasteiger charge is -2.08. The van der Waals surface area contributed by atoms with E-state index in [0.29, 0.717) is 0 Å². The Balaban J connectivity index is 4.81. The zero-order chi connectivity index (χ0) is 11.1. The second kappa shape index (κ2) is 6.20. The van der Waals surface area contributed by atoms with Crippen LogP contribution in [-0.4, -0.2) is 0 Å². The molecule has 0 atom stereocenters. The van der Waals surface area contributed by atoms with Crippen molar-refractivity contribution in [2.75, 3.05) is 0 Å². The number of hydrogen-bond donors (Lipinski definition) is 0. The third-order valence-corrected chi connectivity index (χ3v) is 1.90. The van der Waals surface area contributed by atoms with Gasteiger partial charge in [0.25, 0.3) is 0 Å². The van der Waals surface area contributed by atoms with E-state index in [9.17, 15) is 0 Å². The van der Waals surface area contributed by atoms with Crippen molar-refractivity contribution in [1.82, 2.24) is 0 Å². The molecular weight excluding hydrogens is 168 g/mol. The van der Waals surface area contributed by atoms with Crippen molar-refractivity contribution in [1.29, 1.82) is 0 Å². The predicted octanol–water partition coefficient (Wildman–Crippen LogP) is 4.59. The lowest BCUT2D eigenvalue weighted by molar-refractivity contribution is 1.20. The van der Waals surface area contributed by atoms with Crippen LogP contribution in [0, 0.1) is 0 Å². The molecule has 0 saturated heterocycles. The number of hydrogen-bond acceptors (Lipinski definition) is 0. The van der Waals surface area contributed by atoms with E-state index in [4.69, 9.17) is 0 Å². The van der Waals surface area contributed by atoms with Crippen molar-refractivity contribution in [3.8, 4) is 0 Å². The maximum absolute atomic E-state index is 4.02. The molecule has 0 aromatic heterocycles. The van der Waals surface area contributed by atoms with Crippen molar-refractivity contribution in [3.63, 3.8) is 0 Å². The van der Waals surface area contributed by atoms with Crippen LogP contribution in [0.1, 0.15) is 27.2 Å². The van der Waals surface area contributed by atoms with Crippen molar-refractivity contribution >= 4 is 0 Å². The highest BCUT2D eigenvalue weighted by atomic mass is 14.1. The molecule has 0 heterocycles. The SMILES string of the molecule is C=C(C)/C=C(\C/C=C\C)C(=C)C(=C)C. The average Bonchev–Trinajstić information content (AvgIpc) is 2.10. The lowest BCUT2D eigenvalue weighted by atomic mass is 9.97. The molecule has 0 saturated carbocycles. The van der Waals surface area contributed by atoms with E-state index in [1.807, 2.05) is 26.8 Å². The van der Waals surface area contributed by atoms with Crippen LogP contribution in [0.3, 0.4) is 0 Å². The fourth-order valence-electron chi connectivity index (χ4n) is 1.09. The molecule has 0 bridgehead atoms. The highest BCUT2D eigenvalue weighted by Crippen LogP contribution is 2.20. The van der Waals surface area contributed by atoms with Crippen LogP contribution in [0.5, 0.6) is 0 Å². The Morgan fingerprint density at radius 2 is 1.71 bits per heavy atom. The van der Waals surface area contributed by atoms with E-state index >= 15 is 0 Å². The maximum Gasteiger partial charge on any atom is -0.00916 e. The summed E-state index contributed by atoms with van der Waals surface area (Å²) in [5, 5.41) is 0. The number of rotatable bonds is 5. The van der Waals surface area contributed by atoms with Gasteiger partial charge in [-0.1, -0.05) is 49.1 Å². The van der Waals surface area contributed by atoms with E-state index in [-0.39, 0.29) is 0 Å². The van der Waals surface area contributed by atoms with Gasteiger partial charge in [-0.3, -0.25) is 0 Å². The molecule has 0 rings (SSSR count). The third kappa shape index (κ3) is 4.66. The summed E-state index contributed by atoms with van der Waals surface area (Å²) >= 11 is 0. The summed E-state index contributed by atoms with van der Waals surface area (Å²) in [6, 6.07) is 0. The molecule has 0 aliphatic rings. The topological polar surface area (TPSA) is 0 Å². The van der Waals surface area contributed by atoms with Gasteiger partial charge in [0.1, 0.15) is 0 Å². The molecule has 14 heavy (non-hydrogen) atoms. The summed E-state index contributed by atoms with van der Waals surface area (Å²) in [5.74, 6) is 0. The summed E-state index contributed by atoms with van der Waals surface area (Å²) in [6.45, 7) is 17.8. The van der Waals surface area contributed by atoms with Gasteiger partial charge in [-0.25, -0.2) is 0 Å². The Morgan fingerprint density at radius 3 is 2.07 bits per heavy atom. The summed E-state index contributed by atoms with van der Waals surface area (Å²) < 4.78 is 0. The number of allylic oxidation sites excluding steroid dienone is 7. The fourth-order valence-corrected chi connectivity index (χ4v) is 1.09. The molecule has 76 valence electrons. The summed E-state index contributed by atoms with van der Waals surface area (Å²) in [7, 11) is 0. The summed E-state index contributed by atoms with van der Waals surface area (Å²) in [5.41, 5.74) is 4.28. The standard InChI is InChI=1S/C14H20/c1-7-8-9-14(10-11(2)3)13(6)12(4)5/h7-8,10H,2,4,6,9H2,1,3,5H3/b8-7-,14-10+. The summed E-state index contributed by atoms with van der Waals surface area (Å²) in [4.78, 5) is 0. The summed E-state index contributed by atoms with van der Waals surface area (Å²) in [6.07, 6.45) is 7.12. The van der Waals surface area contributed by atoms with Gasteiger partial charge in [0.15, 0.2) is 0 Å². The first-order chi connectivity index (χ1) is 6.49. The van der Waals surface area contributed by atoms with Crippen LogP contribution in [0.25, 0.3) is 0 Å². The lowest BCUT2D eigenvalue weighted by Crippen LogP contribution is -1.89. The van der Waals surface area contributed by atoms with Gasteiger partial charge in [0, 0.05) is 0 Å². The van der Waals surface area contributed by atoms with Crippen molar-refractivity contribution in [3.05, 3.63) is 60.3 Å². The molecule has 0 radical (unpaired) electrons. The molecule has 0 heteroatoms. The Labute approximate surface area is 88.0 Å². The highest BCUT2D eigenvalue weighted by Gasteiger charge is 2.01. The van der Waals surface area contributed by atoms with Crippen LogP contribution < -0.4 is 0 Å². The highest BCUT2D eigenvalue weighted by molar-refractivity contribution is 5.45. The molecule has 0 nitrogen and oxygen atoms in total. The third-order valence-electron chi connectivity index (χ3n) is 1.90. The van der Waals surface area contributed by atoms with Gasteiger partial charge in [0.2, 0.25) is 0 Å². The average molecular weight is 188 g/mol. The molecule has 0 aliphatic heterocycles. The fraction of sp³-hybridized carbons (Fsp3) is 0.286. The second-order valence-electron chi connectivity index (χ2n) is 3.55. The normalized spacial score (nSPS) is 11.8. The van der Waals surface area contributed by atoms with Crippen LogP contribution in [0.2, 0.25) is 0 Å². The first-order valence-corrected chi connectivity index (χ1v) is 4.81. The predicted molar refractivity (Wildman–Crippen MR) is 66.3 cm³/mol. The van der Waals surface area contributed by atoms with Crippen LogP contribution in [0.15, 0.2) is 60.3 Å². The van der Waals surface area contributed by atoms with Gasteiger partial charge in [-0.05, 0) is 38.3 Å². The van der Waals surface area contributed by atoms with E-state index in [0.717, 1.165) is 23.1 Å². The van der Waals surface area contributed by atoms with Crippen LogP contribution >= 0.6 is 0 Å². The van der Waals surface area contributed by atoms with Crippen LogP contribution in [0.4, 0.5) is 0 Å². The van der Waals surface area contributed by atoms with Crippen LogP contribution in [-0.2, 0) is 0 Å². The monoisotopic (exact) mass is 188 g/mol. The van der Waals surface area contributed by atoms with Gasteiger partial charge in [-0.15, -0.1) is 0 Å². The van der Waals surface area contributed by atoms with E-state index in [1.165, 1.54) is 5.57 Å². The zero-order valence-electron chi connectivity index (χ0n) is 9.56. The molecule has 0 aliphatic carbocycles. The van der Waals surface area contributed by atoms with E-state index in [1.54, 1.807) is 0 Å². The van der Waals surface area contributed by atoms with Crippen molar-refractivity contribution in [2.45, 2.75) is 27.2 Å². The zero-order valence-corrected chi connectivity index (χ0v) is 9.56. The Kier molecular flexibility index (Phi) is 5.62. The Morgan fingerprint density at radius 1 is 1.14 bits per heavy atom. The van der Waals surface area contributed by atoms with Gasteiger partial charge >= 0.3 is 0 Å². The largest absolute Gasteiger partial charge is 0.0961 e. The minimum atomic E-state index is 0.898. The molecule has 0 N–H and O–H groups in total. The molecule has 0 fully saturated rings. The molecular formula is C14H20. The minimum Gasteiger partial charge on any atom is -0.0961 e. The smallest absolute Gasteiger partial charge is 0.00916 e. The molecule has 0 aromatic rings. The second-order valence-corrected chi connectivity index (χ2v) is 3.55. The van der Waals surface area contributed by atoms with Gasteiger partial charge in [0.05, 0.1) is 0 Å². The van der Waals surface area contributed by atoms with E-state index in [2.05, 4.69) is 31.9 Å². The maximum atomic E-state index is 4.02. The van der Waals surface area contributed by atoms with E-state index < -0.39 is 0 Å². The quantitative estimate of drug-likeness (QED) is 0.437. The Bertz CT molecular complexity index is 298. The van der Waals surface area contributed by atoms with Crippen molar-refractivity contribution in [2.24, 2.45) is 0 Å². The minimum absolute atomic E-state index is 0.898. The molecule has 0 unspecified atom stereocenters. The van der Waals surface area contributed by atoms with Crippen molar-refractivity contribution < 1.29 is 0 Å². The molecule has 0 spiro atoms. The first-order valence-electron chi connectivity index (χ1n) is 4.81. The molecule has 0 aromatic carbocycles. The van der Waals surface area contributed by atoms with Gasteiger partial charge < -0.3 is 0 Å².